The number of hydrogen-bond acceptors (Lipinski definition) is 1. The molecule has 0 aliphatic heterocycles. The van der Waals surface area contributed by atoms with Crippen LogP contribution < -0.4 is 10.5 Å². The van der Waals surface area contributed by atoms with Crippen LogP contribution in [0, 0.1) is 0 Å². The predicted molar refractivity (Wildman–Crippen MR) is 48.5 cm³/mol. The molecule has 0 saturated carbocycles. The molecule has 0 aliphatic rings. The minimum Gasteiger partial charge on any atom is -0.323 e. The first-order chi connectivity index (χ1) is 4.93. The third kappa shape index (κ3) is 2.33. The van der Waals surface area contributed by atoms with Gasteiger partial charge in [0.2, 0.25) is 0 Å². The van der Waals surface area contributed by atoms with Crippen LogP contribution in [0.25, 0.3) is 0 Å². The summed E-state index contributed by atoms with van der Waals surface area (Å²) in [6.45, 7) is 0. The van der Waals surface area contributed by atoms with E-state index in [4.69, 9.17) is 0 Å². The number of hydrogen-bond donors (Lipinski definition) is 1. The highest BCUT2D eigenvalue weighted by molar-refractivity contribution is 6.53. The average molecular weight is 151 g/mol. The van der Waals surface area contributed by atoms with E-state index in [0.29, 0.717) is 0 Å². The molecule has 1 aromatic rings. The van der Waals surface area contributed by atoms with Gasteiger partial charge >= 0.3 is 0 Å². The van der Waals surface area contributed by atoms with Crippen LogP contribution in [-0.4, -0.2) is 22.7 Å². The van der Waals surface area contributed by atoms with Crippen LogP contribution in [0.4, 0.5) is 0 Å². The zero-order valence-corrected chi connectivity index (χ0v) is 7.72. The molecule has 0 spiro atoms. The largest absolute Gasteiger partial charge is 0.323 e. The summed E-state index contributed by atoms with van der Waals surface area (Å²) in [6, 6.07) is 10.7. The van der Waals surface area contributed by atoms with Gasteiger partial charge in [0.15, 0.2) is 0 Å². The highest BCUT2D eigenvalue weighted by Gasteiger charge is 1.88. The molecule has 1 rings (SSSR count). The van der Waals surface area contributed by atoms with Crippen molar-refractivity contribution in [2.24, 2.45) is 0 Å². The molecule has 0 radical (unpaired) electrons. The molecule has 0 heterocycles. The summed E-state index contributed by atoms with van der Waals surface area (Å²) in [5.41, 5.74) is 0. The van der Waals surface area contributed by atoms with E-state index in [1.54, 1.807) is 0 Å². The molecule has 1 nitrogen and oxygen atoms in total. The van der Waals surface area contributed by atoms with Gasteiger partial charge in [-0.2, -0.15) is 0 Å². The van der Waals surface area contributed by atoms with E-state index in [9.17, 15) is 0 Å². The van der Waals surface area contributed by atoms with Gasteiger partial charge in [-0.25, -0.2) is 0 Å². The number of benzene rings is 1. The molecule has 0 saturated heterocycles. The van der Waals surface area contributed by atoms with Crippen molar-refractivity contribution in [1.82, 2.24) is 5.32 Å². The van der Waals surface area contributed by atoms with Crippen LogP contribution in [0.3, 0.4) is 0 Å². The lowest BCUT2D eigenvalue weighted by atomic mass is 10.4. The van der Waals surface area contributed by atoms with Gasteiger partial charge in [-0.05, 0) is 13.2 Å². The molecule has 0 fully saturated rings. The summed E-state index contributed by atoms with van der Waals surface area (Å²) in [6.07, 6.45) is 1.20. The number of nitrogens with one attached hydrogen (secondary N) is 1. The lowest BCUT2D eigenvalue weighted by Gasteiger charge is -1.96. The summed E-state index contributed by atoms with van der Waals surface area (Å²) >= 11 is 0. The van der Waals surface area contributed by atoms with Crippen LogP contribution in [0.1, 0.15) is 0 Å². The van der Waals surface area contributed by atoms with Gasteiger partial charge < -0.3 is 5.32 Å². The fraction of sp³-hybridized carbons (Fsp3) is 0.250. The first-order valence-corrected chi connectivity index (χ1v) is 5.32. The van der Waals surface area contributed by atoms with Crippen LogP contribution >= 0.6 is 0 Å². The molecule has 0 bridgehead atoms. The first kappa shape index (κ1) is 7.50. The normalized spacial score (nSPS) is 10.9. The van der Waals surface area contributed by atoms with E-state index in [0.717, 1.165) is 0 Å². The summed E-state index contributed by atoms with van der Waals surface area (Å²) in [5, 5.41) is 4.72. The maximum atomic E-state index is 3.18. The van der Waals surface area contributed by atoms with Crippen LogP contribution in [0.2, 0.25) is 0 Å². The summed E-state index contributed by atoms with van der Waals surface area (Å²) < 4.78 is 0. The Morgan fingerprint density at radius 1 is 1.30 bits per heavy atom. The van der Waals surface area contributed by atoms with Crippen LogP contribution in [-0.2, 0) is 0 Å². The quantitative estimate of drug-likeness (QED) is 0.583. The summed E-state index contributed by atoms with van der Waals surface area (Å²) in [4.78, 5) is 0. The first-order valence-electron chi connectivity index (χ1n) is 3.62. The monoisotopic (exact) mass is 151 g/mol. The Morgan fingerprint density at radius 3 is 2.60 bits per heavy atom. The average Bonchev–Trinajstić information content (AvgIpc) is 2.03. The van der Waals surface area contributed by atoms with Crippen molar-refractivity contribution in [2.75, 3.05) is 13.2 Å². The van der Waals surface area contributed by atoms with Crippen LogP contribution in [0.5, 0.6) is 0 Å². The van der Waals surface area contributed by atoms with Crippen molar-refractivity contribution in [1.29, 1.82) is 0 Å². The predicted octanol–water partition coefficient (Wildman–Crippen LogP) is -0.342. The lowest BCUT2D eigenvalue weighted by molar-refractivity contribution is 0.970. The molecule has 0 aromatic heterocycles. The number of rotatable bonds is 3. The van der Waals surface area contributed by atoms with Gasteiger partial charge in [0.25, 0.3) is 0 Å². The van der Waals surface area contributed by atoms with E-state index < -0.39 is 0 Å². The molecule has 2 heteroatoms. The third-order valence-corrected chi connectivity index (χ3v) is 3.31. The minimum absolute atomic E-state index is 0.0225. The van der Waals surface area contributed by atoms with Crippen molar-refractivity contribution >= 4 is 14.7 Å². The SMILES string of the molecule is CNC[SiH2]c1ccccc1. The molecule has 1 N–H and O–H groups in total. The fourth-order valence-electron chi connectivity index (χ4n) is 0.914. The van der Waals surface area contributed by atoms with Crippen molar-refractivity contribution in [3.05, 3.63) is 30.3 Å². The van der Waals surface area contributed by atoms with Gasteiger partial charge in [-0.3, -0.25) is 0 Å². The van der Waals surface area contributed by atoms with E-state index in [1.165, 1.54) is 11.4 Å². The van der Waals surface area contributed by atoms with Gasteiger partial charge in [0, 0.05) is 0 Å². The van der Waals surface area contributed by atoms with E-state index in [-0.39, 0.29) is 9.52 Å². The van der Waals surface area contributed by atoms with E-state index in [1.807, 2.05) is 7.05 Å². The smallest absolute Gasteiger partial charge is 0.0700 e. The Hall–Kier alpha value is -0.603. The molecular weight excluding hydrogens is 138 g/mol. The van der Waals surface area contributed by atoms with Crippen LogP contribution in [0.15, 0.2) is 30.3 Å². The second kappa shape index (κ2) is 4.25. The topological polar surface area (TPSA) is 12.0 Å². The fourth-order valence-corrected chi connectivity index (χ4v) is 2.06. The Labute approximate surface area is 64.3 Å². The third-order valence-electron chi connectivity index (χ3n) is 1.51. The van der Waals surface area contributed by atoms with Crippen molar-refractivity contribution in [3.63, 3.8) is 0 Å². The van der Waals surface area contributed by atoms with Gasteiger partial charge in [0.05, 0.1) is 9.52 Å². The molecule has 0 unspecified atom stereocenters. The Morgan fingerprint density at radius 2 is 2.00 bits per heavy atom. The minimum atomic E-state index is -0.0225. The Kier molecular flexibility index (Phi) is 3.19. The maximum absolute atomic E-state index is 3.18. The standard InChI is InChI=1S/C8H13NSi/c1-9-7-10-8-5-3-2-4-6-8/h2-6,9H,7,10H2,1H3. The highest BCUT2D eigenvalue weighted by Crippen LogP contribution is 1.79. The molecule has 0 atom stereocenters. The van der Waals surface area contributed by atoms with Crippen molar-refractivity contribution in [3.8, 4) is 0 Å². The summed E-state index contributed by atoms with van der Waals surface area (Å²) in [7, 11) is 1.99. The second-order valence-corrected chi connectivity index (χ2v) is 4.16. The molecule has 54 valence electrons. The Bertz CT molecular complexity index is 174. The highest BCUT2D eigenvalue weighted by atomic mass is 28.2. The molecule has 1 aromatic carbocycles. The van der Waals surface area contributed by atoms with E-state index >= 15 is 0 Å². The summed E-state index contributed by atoms with van der Waals surface area (Å²) in [5.74, 6) is 0. The zero-order valence-electron chi connectivity index (χ0n) is 6.30. The van der Waals surface area contributed by atoms with Gasteiger partial charge in [-0.15, -0.1) is 0 Å². The molecule has 0 amide bonds. The molecule has 10 heavy (non-hydrogen) atoms. The maximum Gasteiger partial charge on any atom is 0.0700 e. The van der Waals surface area contributed by atoms with Gasteiger partial charge in [-0.1, -0.05) is 35.5 Å². The molecular formula is C8H13NSi. The zero-order chi connectivity index (χ0) is 7.23. The Balaban J connectivity index is 2.43. The lowest BCUT2D eigenvalue weighted by Crippen LogP contribution is -2.25. The van der Waals surface area contributed by atoms with Gasteiger partial charge in [0.1, 0.15) is 0 Å². The molecule has 0 aliphatic carbocycles. The second-order valence-electron chi connectivity index (χ2n) is 2.34. The van der Waals surface area contributed by atoms with Crippen molar-refractivity contribution in [2.45, 2.75) is 0 Å². The van der Waals surface area contributed by atoms with Crippen molar-refractivity contribution < 1.29 is 0 Å². The van der Waals surface area contributed by atoms with E-state index in [2.05, 4.69) is 35.6 Å².